The Hall–Kier alpha value is -0.680. The molecule has 1 aromatic rings. The minimum absolute atomic E-state index is 0.692. The Kier molecular flexibility index (Phi) is 3.99. The topological polar surface area (TPSA) is 47.1 Å². The first-order valence-corrected chi connectivity index (χ1v) is 7.27. The fraction of sp³-hybridized carbons (Fsp3) is 0.750. The summed E-state index contributed by atoms with van der Waals surface area (Å²) >= 11 is 2.05. The average molecular weight is 254 g/mol. The van der Waals surface area contributed by atoms with Gasteiger partial charge in [-0.3, -0.25) is 4.68 Å². The van der Waals surface area contributed by atoms with E-state index in [1.807, 2.05) is 11.7 Å². The van der Waals surface area contributed by atoms with Crippen molar-refractivity contribution >= 4 is 17.6 Å². The highest BCUT2D eigenvalue weighted by Gasteiger charge is 2.23. The van der Waals surface area contributed by atoms with Crippen LogP contribution in [0.4, 0.5) is 5.82 Å². The van der Waals surface area contributed by atoms with E-state index in [0.29, 0.717) is 11.8 Å². The lowest BCUT2D eigenvalue weighted by Gasteiger charge is -2.33. The van der Waals surface area contributed by atoms with Gasteiger partial charge in [-0.2, -0.15) is 16.9 Å². The maximum atomic E-state index is 5.70. The summed E-state index contributed by atoms with van der Waals surface area (Å²) in [5.74, 6) is 2.48. The van der Waals surface area contributed by atoms with Crippen LogP contribution in [0.5, 0.6) is 0 Å². The van der Waals surface area contributed by atoms with Crippen molar-refractivity contribution in [3.8, 4) is 0 Å². The van der Waals surface area contributed by atoms with Crippen LogP contribution in [0.1, 0.15) is 18.2 Å². The highest BCUT2D eigenvalue weighted by molar-refractivity contribution is 8.00. The molecule has 5 heteroatoms. The molecule has 0 spiro atoms. The SMILES string of the molecule is Cc1nn(C)c(N2CCSC(C)C2)c1CCN. The number of nitrogens with two attached hydrogens (primary N) is 1. The van der Waals surface area contributed by atoms with Gasteiger partial charge >= 0.3 is 0 Å². The minimum atomic E-state index is 0.692. The van der Waals surface area contributed by atoms with E-state index in [4.69, 9.17) is 5.73 Å². The van der Waals surface area contributed by atoms with E-state index >= 15 is 0 Å². The standard InChI is InChI=1S/C12H22N4S/c1-9-8-16(6-7-17-9)12-11(4-5-13)10(2)14-15(12)3/h9H,4-8,13H2,1-3H3. The molecule has 0 saturated carbocycles. The predicted molar refractivity (Wildman–Crippen MR) is 74.8 cm³/mol. The summed E-state index contributed by atoms with van der Waals surface area (Å²) in [5, 5.41) is 5.24. The first-order valence-electron chi connectivity index (χ1n) is 6.22. The summed E-state index contributed by atoms with van der Waals surface area (Å²) in [5.41, 5.74) is 8.16. The second kappa shape index (κ2) is 5.31. The van der Waals surface area contributed by atoms with E-state index in [2.05, 4.69) is 35.6 Å². The molecule has 0 amide bonds. The molecule has 2 heterocycles. The molecule has 1 saturated heterocycles. The molecule has 2 rings (SSSR count). The van der Waals surface area contributed by atoms with Crippen LogP contribution in [0, 0.1) is 6.92 Å². The monoisotopic (exact) mass is 254 g/mol. The molecule has 0 bridgehead atoms. The zero-order valence-corrected chi connectivity index (χ0v) is 11.8. The van der Waals surface area contributed by atoms with Gasteiger partial charge in [0.15, 0.2) is 0 Å². The summed E-state index contributed by atoms with van der Waals surface area (Å²) in [7, 11) is 2.04. The van der Waals surface area contributed by atoms with E-state index in [0.717, 1.165) is 25.2 Å². The van der Waals surface area contributed by atoms with Crippen LogP contribution in [0.15, 0.2) is 0 Å². The molecule has 1 aliphatic heterocycles. The van der Waals surface area contributed by atoms with Gasteiger partial charge in [0.2, 0.25) is 0 Å². The number of hydrogen-bond donors (Lipinski definition) is 1. The summed E-state index contributed by atoms with van der Waals surface area (Å²) in [6, 6.07) is 0. The smallest absolute Gasteiger partial charge is 0.130 e. The number of thioether (sulfide) groups is 1. The highest BCUT2D eigenvalue weighted by Crippen LogP contribution is 2.28. The van der Waals surface area contributed by atoms with Gasteiger partial charge in [-0.25, -0.2) is 0 Å². The Balaban J connectivity index is 2.29. The molecular weight excluding hydrogens is 232 g/mol. The number of nitrogens with zero attached hydrogens (tertiary/aromatic N) is 3. The largest absolute Gasteiger partial charge is 0.355 e. The van der Waals surface area contributed by atoms with E-state index in [1.54, 1.807) is 0 Å². The molecule has 0 radical (unpaired) electrons. The van der Waals surface area contributed by atoms with Gasteiger partial charge < -0.3 is 10.6 Å². The summed E-state index contributed by atoms with van der Waals surface area (Å²) in [6.07, 6.45) is 0.924. The third kappa shape index (κ3) is 2.60. The molecule has 96 valence electrons. The van der Waals surface area contributed by atoms with Crippen molar-refractivity contribution in [3.05, 3.63) is 11.3 Å². The lowest BCUT2D eigenvalue weighted by atomic mass is 10.1. The molecular formula is C12H22N4S. The number of aryl methyl sites for hydroxylation is 2. The normalized spacial score (nSPS) is 20.9. The van der Waals surface area contributed by atoms with E-state index in [1.165, 1.54) is 17.1 Å². The minimum Gasteiger partial charge on any atom is -0.355 e. The highest BCUT2D eigenvalue weighted by atomic mass is 32.2. The van der Waals surface area contributed by atoms with Crippen LogP contribution in [0.25, 0.3) is 0 Å². The van der Waals surface area contributed by atoms with Gasteiger partial charge in [0.25, 0.3) is 0 Å². The molecule has 4 nitrogen and oxygen atoms in total. The second-order valence-electron chi connectivity index (χ2n) is 4.68. The molecule has 1 aromatic heterocycles. The van der Waals surface area contributed by atoms with Crippen molar-refractivity contribution in [3.63, 3.8) is 0 Å². The van der Waals surface area contributed by atoms with Crippen molar-refractivity contribution in [2.24, 2.45) is 12.8 Å². The number of hydrogen-bond acceptors (Lipinski definition) is 4. The first kappa shape index (κ1) is 12.8. The van der Waals surface area contributed by atoms with Crippen molar-refractivity contribution in [2.45, 2.75) is 25.5 Å². The average Bonchev–Trinajstić information content (AvgIpc) is 2.54. The maximum Gasteiger partial charge on any atom is 0.130 e. The van der Waals surface area contributed by atoms with Crippen molar-refractivity contribution < 1.29 is 0 Å². The summed E-state index contributed by atoms with van der Waals surface area (Å²) in [4.78, 5) is 2.46. The molecule has 17 heavy (non-hydrogen) atoms. The Labute approximate surface area is 108 Å². The maximum absolute atomic E-state index is 5.70. The van der Waals surface area contributed by atoms with E-state index in [9.17, 15) is 0 Å². The van der Waals surface area contributed by atoms with Crippen LogP contribution in [0.2, 0.25) is 0 Å². The number of rotatable bonds is 3. The Morgan fingerprint density at radius 2 is 2.29 bits per heavy atom. The van der Waals surface area contributed by atoms with Crippen molar-refractivity contribution in [1.29, 1.82) is 0 Å². The van der Waals surface area contributed by atoms with Gasteiger partial charge in [0, 0.05) is 36.7 Å². The molecule has 1 aliphatic rings. The molecule has 0 aliphatic carbocycles. The Morgan fingerprint density at radius 1 is 1.53 bits per heavy atom. The lowest BCUT2D eigenvalue weighted by molar-refractivity contribution is 0.692. The Bertz CT molecular complexity index is 388. The van der Waals surface area contributed by atoms with Crippen molar-refractivity contribution in [2.75, 3.05) is 30.3 Å². The molecule has 0 aromatic carbocycles. The van der Waals surface area contributed by atoms with Gasteiger partial charge in [-0.1, -0.05) is 6.92 Å². The summed E-state index contributed by atoms with van der Waals surface area (Å²) < 4.78 is 2.02. The van der Waals surface area contributed by atoms with Gasteiger partial charge in [0.05, 0.1) is 5.69 Å². The third-order valence-electron chi connectivity index (χ3n) is 3.25. The van der Waals surface area contributed by atoms with E-state index < -0.39 is 0 Å². The molecule has 2 N–H and O–H groups in total. The fourth-order valence-electron chi connectivity index (χ4n) is 2.53. The van der Waals surface area contributed by atoms with Crippen molar-refractivity contribution in [1.82, 2.24) is 9.78 Å². The lowest BCUT2D eigenvalue weighted by Crippen LogP contribution is -2.38. The van der Waals surface area contributed by atoms with Crippen LogP contribution >= 0.6 is 11.8 Å². The van der Waals surface area contributed by atoms with E-state index in [-0.39, 0.29) is 0 Å². The molecule has 1 atom stereocenters. The van der Waals surface area contributed by atoms with Crippen LogP contribution in [0.3, 0.4) is 0 Å². The van der Waals surface area contributed by atoms with Crippen LogP contribution in [-0.2, 0) is 13.5 Å². The summed E-state index contributed by atoms with van der Waals surface area (Å²) in [6.45, 7) is 7.30. The predicted octanol–water partition coefficient (Wildman–Crippen LogP) is 1.17. The Morgan fingerprint density at radius 3 is 2.94 bits per heavy atom. The number of anilines is 1. The quantitative estimate of drug-likeness (QED) is 0.879. The van der Waals surface area contributed by atoms with Crippen LogP contribution in [-0.4, -0.2) is 40.4 Å². The zero-order valence-electron chi connectivity index (χ0n) is 10.9. The molecule has 1 unspecified atom stereocenters. The van der Waals surface area contributed by atoms with Crippen LogP contribution < -0.4 is 10.6 Å². The first-order chi connectivity index (χ1) is 8.13. The van der Waals surface area contributed by atoms with Gasteiger partial charge in [0.1, 0.15) is 5.82 Å². The molecule has 1 fully saturated rings. The number of aromatic nitrogens is 2. The fourth-order valence-corrected chi connectivity index (χ4v) is 3.55. The second-order valence-corrected chi connectivity index (χ2v) is 6.22. The van der Waals surface area contributed by atoms with Gasteiger partial charge in [-0.15, -0.1) is 0 Å². The zero-order chi connectivity index (χ0) is 12.4. The third-order valence-corrected chi connectivity index (χ3v) is 4.38. The van der Waals surface area contributed by atoms with Gasteiger partial charge in [-0.05, 0) is 19.9 Å².